The Bertz CT molecular complexity index is 303. The van der Waals surface area contributed by atoms with Crippen molar-refractivity contribution in [3.8, 4) is 0 Å². The molecule has 0 aliphatic rings. The molecule has 1 N–H and O–H groups in total. The number of hydrogen-bond acceptors (Lipinski definition) is 2. The summed E-state index contributed by atoms with van der Waals surface area (Å²) in [7, 11) is 0. The van der Waals surface area contributed by atoms with Gasteiger partial charge in [-0.2, -0.15) is 0 Å². The molecule has 1 rings (SSSR count). The van der Waals surface area contributed by atoms with Crippen LogP contribution in [0.4, 0.5) is 0 Å². The number of benzene rings is 1. The first-order valence-electron chi connectivity index (χ1n) is 4.43. The van der Waals surface area contributed by atoms with Crippen molar-refractivity contribution in [2.45, 2.75) is 19.8 Å². The molecule has 0 aromatic heterocycles. The van der Waals surface area contributed by atoms with Crippen LogP contribution >= 0.6 is 0 Å². The number of rotatable bonds is 4. The SMILES string of the molecule is CCCC(=N)C(=O)c1ccccc1. The Balaban J connectivity index is 2.74. The zero-order valence-corrected chi connectivity index (χ0v) is 7.71. The average Bonchev–Trinajstić information content (AvgIpc) is 2.18. The smallest absolute Gasteiger partial charge is 0.206 e. The highest BCUT2D eigenvalue weighted by atomic mass is 16.1. The van der Waals surface area contributed by atoms with E-state index in [9.17, 15) is 4.79 Å². The molecule has 1 aromatic rings. The molecule has 0 spiro atoms. The Morgan fingerprint density at radius 2 is 1.92 bits per heavy atom. The monoisotopic (exact) mass is 175 g/mol. The molecule has 0 bridgehead atoms. The normalized spacial score (nSPS) is 9.62. The molecule has 0 saturated heterocycles. The van der Waals surface area contributed by atoms with E-state index in [1.165, 1.54) is 0 Å². The second-order valence-corrected chi connectivity index (χ2v) is 2.92. The van der Waals surface area contributed by atoms with Gasteiger partial charge in [0.15, 0.2) is 0 Å². The zero-order valence-electron chi connectivity index (χ0n) is 7.71. The summed E-state index contributed by atoms with van der Waals surface area (Å²) in [4.78, 5) is 11.5. The van der Waals surface area contributed by atoms with Gasteiger partial charge in [-0.05, 0) is 6.42 Å². The van der Waals surface area contributed by atoms with Crippen molar-refractivity contribution < 1.29 is 4.79 Å². The van der Waals surface area contributed by atoms with Crippen molar-refractivity contribution in [2.24, 2.45) is 0 Å². The Morgan fingerprint density at radius 1 is 1.31 bits per heavy atom. The van der Waals surface area contributed by atoms with Crippen molar-refractivity contribution >= 4 is 11.5 Å². The molecule has 0 amide bonds. The molecule has 0 aliphatic carbocycles. The molecule has 0 fully saturated rings. The largest absolute Gasteiger partial charge is 0.301 e. The highest BCUT2D eigenvalue weighted by Gasteiger charge is 2.09. The third kappa shape index (κ3) is 2.51. The van der Waals surface area contributed by atoms with Crippen LogP contribution in [0, 0.1) is 5.41 Å². The molecule has 0 radical (unpaired) electrons. The minimum absolute atomic E-state index is 0.151. The maximum Gasteiger partial charge on any atom is 0.206 e. The van der Waals surface area contributed by atoms with Crippen LogP contribution < -0.4 is 0 Å². The topological polar surface area (TPSA) is 40.9 Å². The summed E-state index contributed by atoms with van der Waals surface area (Å²) in [5, 5.41) is 7.48. The van der Waals surface area contributed by atoms with Crippen molar-refractivity contribution in [3.05, 3.63) is 35.9 Å². The van der Waals surface area contributed by atoms with Gasteiger partial charge in [-0.15, -0.1) is 0 Å². The Kier molecular flexibility index (Phi) is 3.38. The lowest BCUT2D eigenvalue weighted by Crippen LogP contribution is -2.12. The fourth-order valence-electron chi connectivity index (χ4n) is 1.13. The standard InChI is InChI=1S/C11H13NO/c1-2-6-10(12)11(13)9-7-4-3-5-8-9/h3-5,7-8,12H,2,6H2,1H3. The third-order valence-corrected chi connectivity index (χ3v) is 1.81. The number of ketones is 1. The molecule has 0 heterocycles. The van der Waals surface area contributed by atoms with Crippen molar-refractivity contribution in [1.29, 1.82) is 5.41 Å². The van der Waals surface area contributed by atoms with Crippen molar-refractivity contribution in [2.75, 3.05) is 0 Å². The van der Waals surface area contributed by atoms with Gasteiger partial charge in [0, 0.05) is 5.56 Å². The van der Waals surface area contributed by atoms with Crippen LogP contribution in [-0.2, 0) is 0 Å². The minimum Gasteiger partial charge on any atom is -0.301 e. The van der Waals surface area contributed by atoms with E-state index in [1.54, 1.807) is 12.1 Å². The Morgan fingerprint density at radius 3 is 2.46 bits per heavy atom. The van der Waals surface area contributed by atoms with Gasteiger partial charge in [-0.1, -0.05) is 43.7 Å². The second-order valence-electron chi connectivity index (χ2n) is 2.92. The molecule has 0 saturated carbocycles. The van der Waals surface area contributed by atoms with Gasteiger partial charge < -0.3 is 5.41 Å². The van der Waals surface area contributed by atoms with Gasteiger partial charge >= 0.3 is 0 Å². The van der Waals surface area contributed by atoms with Gasteiger partial charge in [-0.3, -0.25) is 4.79 Å². The number of nitrogens with one attached hydrogen (secondary N) is 1. The lowest BCUT2D eigenvalue weighted by atomic mass is 10.0. The maximum atomic E-state index is 11.5. The van der Waals surface area contributed by atoms with E-state index in [0.29, 0.717) is 12.0 Å². The Hall–Kier alpha value is -1.44. The van der Waals surface area contributed by atoms with Gasteiger partial charge in [-0.25, -0.2) is 0 Å². The fraction of sp³-hybridized carbons (Fsp3) is 0.273. The van der Waals surface area contributed by atoms with Crippen LogP contribution in [-0.4, -0.2) is 11.5 Å². The van der Waals surface area contributed by atoms with E-state index >= 15 is 0 Å². The molecule has 0 atom stereocenters. The summed E-state index contributed by atoms with van der Waals surface area (Å²) < 4.78 is 0. The van der Waals surface area contributed by atoms with Crippen LogP contribution in [0.3, 0.4) is 0 Å². The number of Topliss-reactive ketones (excluding diaryl/α,β-unsaturated/α-hetero) is 1. The van der Waals surface area contributed by atoms with E-state index < -0.39 is 0 Å². The molecule has 2 nitrogen and oxygen atoms in total. The summed E-state index contributed by atoms with van der Waals surface area (Å²) >= 11 is 0. The maximum absolute atomic E-state index is 11.5. The first-order valence-corrected chi connectivity index (χ1v) is 4.43. The minimum atomic E-state index is -0.151. The molecular formula is C11H13NO. The highest BCUT2D eigenvalue weighted by molar-refractivity contribution is 6.44. The summed E-state index contributed by atoms with van der Waals surface area (Å²) in [6.07, 6.45) is 1.41. The lowest BCUT2D eigenvalue weighted by molar-refractivity contribution is 0.106. The average molecular weight is 175 g/mol. The van der Waals surface area contributed by atoms with Crippen LogP contribution in [0.2, 0.25) is 0 Å². The quantitative estimate of drug-likeness (QED) is 0.554. The first-order chi connectivity index (χ1) is 6.25. The van der Waals surface area contributed by atoms with Gasteiger partial charge in [0.05, 0.1) is 5.71 Å². The van der Waals surface area contributed by atoms with Gasteiger partial charge in [0.2, 0.25) is 5.78 Å². The van der Waals surface area contributed by atoms with Crippen LogP contribution in [0.5, 0.6) is 0 Å². The predicted molar refractivity (Wildman–Crippen MR) is 53.4 cm³/mol. The number of carbonyl (C=O) groups is 1. The van der Waals surface area contributed by atoms with Crippen LogP contribution in [0.1, 0.15) is 30.1 Å². The van der Waals surface area contributed by atoms with Gasteiger partial charge in [0.25, 0.3) is 0 Å². The van der Waals surface area contributed by atoms with Crippen molar-refractivity contribution in [1.82, 2.24) is 0 Å². The van der Waals surface area contributed by atoms with E-state index in [4.69, 9.17) is 5.41 Å². The Labute approximate surface area is 78.1 Å². The molecule has 13 heavy (non-hydrogen) atoms. The summed E-state index contributed by atoms with van der Waals surface area (Å²) in [6, 6.07) is 8.97. The van der Waals surface area contributed by atoms with Crippen molar-refractivity contribution in [3.63, 3.8) is 0 Å². The van der Waals surface area contributed by atoms with Gasteiger partial charge in [0.1, 0.15) is 0 Å². The van der Waals surface area contributed by atoms with E-state index in [1.807, 2.05) is 25.1 Å². The lowest BCUT2D eigenvalue weighted by Gasteiger charge is -2.00. The van der Waals surface area contributed by atoms with Crippen LogP contribution in [0.25, 0.3) is 0 Å². The molecule has 68 valence electrons. The fourth-order valence-corrected chi connectivity index (χ4v) is 1.13. The molecule has 1 aromatic carbocycles. The van der Waals surface area contributed by atoms with E-state index in [0.717, 1.165) is 6.42 Å². The van der Waals surface area contributed by atoms with E-state index in [2.05, 4.69) is 0 Å². The molecular weight excluding hydrogens is 162 g/mol. The zero-order chi connectivity index (χ0) is 9.68. The molecule has 0 aliphatic heterocycles. The summed E-state index contributed by atoms with van der Waals surface area (Å²) in [5.74, 6) is -0.151. The molecule has 0 unspecified atom stereocenters. The molecule has 2 heteroatoms. The first kappa shape index (κ1) is 9.65. The summed E-state index contributed by atoms with van der Waals surface area (Å²) in [6.45, 7) is 1.97. The number of hydrogen-bond donors (Lipinski definition) is 1. The predicted octanol–water partition coefficient (Wildman–Crippen LogP) is 2.69. The van der Waals surface area contributed by atoms with E-state index in [-0.39, 0.29) is 11.5 Å². The highest BCUT2D eigenvalue weighted by Crippen LogP contribution is 2.03. The third-order valence-electron chi connectivity index (χ3n) is 1.81. The van der Waals surface area contributed by atoms with Crippen LogP contribution in [0.15, 0.2) is 30.3 Å². The summed E-state index contributed by atoms with van der Waals surface area (Å²) in [5.41, 5.74) is 0.814. The second kappa shape index (κ2) is 4.55. The number of carbonyl (C=O) groups excluding carboxylic acids is 1.